The second-order valence-corrected chi connectivity index (χ2v) is 10.4. The number of alkyl halides is 3. The second kappa shape index (κ2) is 12.0. The van der Waals surface area contributed by atoms with Crippen LogP contribution in [-0.2, 0) is 30.4 Å². The topological polar surface area (TPSA) is 103 Å². The highest BCUT2D eigenvalue weighted by molar-refractivity contribution is 5.94. The van der Waals surface area contributed by atoms with Crippen molar-refractivity contribution in [2.75, 3.05) is 0 Å². The molecule has 0 unspecified atom stereocenters. The van der Waals surface area contributed by atoms with Crippen molar-refractivity contribution in [1.29, 1.82) is 0 Å². The van der Waals surface area contributed by atoms with Gasteiger partial charge in [0, 0.05) is 29.1 Å². The lowest BCUT2D eigenvalue weighted by Crippen LogP contribution is -2.34. The zero-order valence-corrected chi connectivity index (χ0v) is 23.0. The molecule has 44 heavy (non-hydrogen) atoms. The molecule has 2 aromatic heterocycles. The molecular weight excluding hydrogens is 588 g/mol. The zero-order valence-electron chi connectivity index (χ0n) is 23.0. The molecule has 0 radical (unpaired) electrons. The van der Waals surface area contributed by atoms with E-state index in [-0.39, 0.29) is 40.9 Å². The van der Waals surface area contributed by atoms with E-state index in [1.807, 2.05) is 0 Å². The van der Waals surface area contributed by atoms with Gasteiger partial charge in [-0.1, -0.05) is 18.7 Å². The highest BCUT2D eigenvalue weighted by Crippen LogP contribution is 2.40. The van der Waals surface area contributed by atoms with Gasteiger partial charge in [0.1, 0.15) is 24.0 Å². The SMILES string of the molecule is C=C1CCCc2c1c(C(F)(F)F)nn2CC(=O)N[C@@H](Cc1cc(F)cc(F)c1)c1ncccc1-c1ccc(F)c(C(N)=O)c1. The monoisotopic (exact) mass is 613 g/mol. The Balaban J connectivity index is 1.54. The fraction of sp³-hybridized carbons (Fsp3) is 0.226. The van der Waals surface area contributed by atoms with E-state index in [0.717, 1.165) is 22.9 Å². The Kier molecular flexibility index (Phi) is 8.31. The molecule has 1 aliphatic rings. The molecule has 0 aliphatic heterocycles. The van der Waals surface area contributed by atoms with Crippen LogP contribution in [-0.4, -0.2) is 26.6 Å². The minimum absolute atomic E-state index is 0.114. The van der Waals surface area contributed by atoms with Gasteiger partial charge in [0.2, 0.25) is 5.91 Å². The number of hydrogen-bond acceptors (Lipinski definition) is 4. The minimum atomic E-state index is -4.77. The summed E-state index contributed by atoms with van der Waals surface area (Å²) in [4.78, 5) is 29.6. The molecule has 3 N–H and O–H groups in total. The van der Waals surface area contributed by atoms with Crippen LogP contribution in [0, 0.1) is 17.5 Å². The summed E-state index contributed by atoms with van der Waals surface area (Å²) in [5.74, 6) is -4.35. The number of halogens is 6. The van der Waals surface area contributed by atoms with Gasteiger partial charge in [0.25, 0.3) is 5.91 Å². The van der Waals surface area contributed by atoms with Gasteiger partial charge in [-0.05, 0) is 72.7 Å². The molecule has 7 nitrogen and oxygen atoms in total. The van der Waals surface area contributed by atoms with Crippen LogP contribution in [0.25, 0.3) is 16.7 Å². The number of hydrogen-bond donors (Lipinski definition) is 2. The van der Waals surface area contributed by atoms with Crippen LogP contribution in [0.3, 0.4) is 0 Å². The Labute approximate surface area is 247 Å². The third kappa shape index (κ3) is 6.36. The summed E-state index contributed by atoms with van der Waals surface area (Å²) in [5.41, 5.74) is 5.17. The molecule has 0 saturated heterocycles. The Hall–Kier alpha value is -4.94. The molecule has 4 aromatic rings. The number of nitrogens with two attached hydrogens (primary N) is 1. The van der Waals surface area contributed by atoms with Gasteiger partial charge in [-0.15, -0.1) is 0 Å². The van der Waals surface area contributed by atoms with Crippen molar-refractivity contribution in [3.05, 3.63) is 113 Å². The molecule has 228 valence electrons. The number of nitrogens with zero attached hydrogens (tertiary/aromatic N) is 3. The Morgan fingerprint density at radius 1 is 1.05 bits per heavy atom. The quantitative estimate of drug-likeness (QED) is 0.241. The van der Waals surface area contributed by atoms with Crippen LogP contribution in [0.5, 0.6) is 0 Å². The normalized spacial score (nSPS) is 13.8. The molecule has 5 rings (SSSR count). The number of pyridine rings is 1. The number of primary amides is 1. The number of carbonyl (C=O) groups excluding carboxylic acids is 2. The fourth-order valence-corrected chi connectivity index (χ4v) is 5.42. The first-order valence-corrected chi connectivity index (χ1v) is 13.5. The predicted octanol–water partition coefficient (Wildman–Crippen LogP) is 5.93. The highest BCUT2D eigenvalue weighted by atomic mass is 19.4. The summed E-state index contributed by atoms with van der Waals surface area (Å²) in [5, 5.41) is 6.43. The summed E-state index contributed by atoms with van der Waals surface area (Å²) in [6, 6.07) is 8.48. The van der Waals surface area contributed by atoms with E-state index >= 15 is 0 Å². The lowest BCUT2D eigenvalue weighted by Gasteiger charge is -2.22. The largest absolute Gasteiger partial charge is 0.435 e. The molecule has 0 fully saturated rings. The van der Waals surface area contributed by atoms with Gasteiger partial charge >= 0.3 is 6.18 Å². The summed E-state index contributed by atoms with van der Waals surface area (Å²) in [6.07, 6.45) is -2.40. The van der Waals surface area contributed by atoms with E-state index in [1.54, 1.807) is 12.1 Å². The van der Waals surface area contributed by atoms with Crippen LogP contribution in [0.4, 0.5) is 26.3 Å². The van der Waals surface area contributed by atoms with Crippen molar-refractivity contribution in [2.24, 2.45) is 5.73 Å². The standard InChI is InChI=1S/C31H25F6N5O2/c1-16-4-2-6-25-27(16)29(31(35,36)37)41-42(25)15-26(43)40-24(12-17-10-19(32)14-20(33)11-17)28-21(5-3-9-39-28)18-7-8-23(34)22(13-18)30(38)44/h3,5,7-11,13-14,24H,1-2,4,6,12,15H2,(H2,38,44)(H,40,43)/t24-/m0/s1. The van der Waals surface area contributed by atoms with E-state index in [1.165, 1.54) is 18.3 Å². The molecule has 0 spiro atoms. The zero-order chi connectivity index (χ0) is 31.8. The number of benzene rings is 2. The molecular formula is C31H25F6N5O2. The Morgan fingerprint density at radius 3 is 2.45 bits per heavy atom. The molecule has 2 aromatic carbocycles. The average molecular weight is 614 g/mol. The van der Waals surface area contributed by atoms with Crippen molar-refractivity contribution in [3.8, 4) is 11.1 Å². The fourth-order valence-electron chi connectivity index (χ4n) is 5.42. The van der Waals surface area contributed by atoms with Gasteiger partial charge in [0.05, 0.1) is 17.3 Å². The first-order valence-electron chi connectivity index (χ1n) is 13.5. The number of nitrogens with one attached hydrogen (secondary N) is 1. The smallest absolute Gasteiger partial charge is 0.366 e. The lowest BCUT2D eigenvalue weighted by molar-refractivity contribution is -0.142. The molecule has 1 aliphatic carbocycles. The van der Waals surface area contributed by atoms with Crippen molar-refractivity contribution in [2.45, 2.75) is 44.4 Å². The lowest BCUT2D eigenvalue weighted by atomic mass is 9.91. The van der Waals surface area contributed by atoms with Crippen molar-refractivity contribution in [1.82, 2.24) is 20.1 Å². The number of amides is 2. The van der Waals surface area contributed by atoms with E-state index in [2.05, 4.69) is 22.0 Å². The Morgan fingerprint density at radius 2 is 1.77 bits per heavy atom. The van der Waals surface area contributed by atoms with E-state index in [4.69, 9.17) is 5.73 Å². The van der Waals surface area contributed by atoms with Crippen molar-refractivity contribution >= 4 is 17.4 Å². The molecule has 0 bridgehead atoms. The number of fused-ring (bicyclic) bond motifs is 1. The van der Waals surface area contributed by atoms with Gasteiger partial charge in [-0.3, -0.25) is 19.3 Å². The minimum Gasteiger partial charge on any atom is -0.366 e. The third-order valence-corrected chi connectivity index (χ3v) is 7.27. The molecule has 2 heterocycles. The van der Waals surface area contributed by atoms with Crippen LogP contribution in [0.1, 0.15) is 57.5 Å². The number of aromatic nitrogens is 3. The second-order valence-electron chi connectivity index (χ2n) is 10.4. The van der Waals surface area contributed by atoms with Crippen LogP contribution >= 0.6 is 0 Å². The summed E-state index contributed by atoms with van der Waals surface area (Å²) in [6.45, 7) is 3.16. The molecule has 1 atom stereocenters. The summed E-state index contributed by atoms with van der Waals surface area (Å²) in [7, 11) is 0. The van der Waals surface area contributed by atoms with E-state index in [0.29, 0.717) is 30.0 Å². The van der Waals surface area contributed by atoms with Crippen molar-refractivity contribution in [3.63, 3.8) is 0 Å². The maximum atomic E-state index is 14.2. The van der Waals surface area contributed by atoms with Crippen molar-refractivity contribution < 1.29 is 35.9 Å². The van der Waals surface area contributed by atoms with Crippen LogP contribution < -0.4 is 11.1 Å². The maximum Gasteiger partial charge on any atom is 0.435 e. The van der Waals surface area contributed by atoms with Gasteiger partial charge < -0.3 is 11.1 Å². The first kappa shape index (κ1) is 30.5. The average Bonchev–Trinajstić information content (AvgIpc) is 3.32. The summed E-state index contributed by atoms with van der Waals surface area (Å²) >= 11 is 0. The number of carbonyl (C=O) groups is 2. The number of allylic oxidation sites excluding steroid dienone is 1. The first-order chi connectivity index (χ1) is 20.8. The highest BCUT2D eigenvalue weighted by Gasteiger charge is 2.41. The summed E-state index contributed by atoms with van der Waals surface area (Å²) < 4.78 is 84.8. The molecule has 2 amide bonds. The maximum absolute atomic E-state index is 14.2. The van der Waals surface area contributed by atoms with Crippen LogP contribution in [0.2, 0.25) is 0 Å². The number of rotatable bonds is 8. The molecule has 0 saturated carbocycles. The predicted molar refractivity (Wildman–Crippen MR) is 148 cm³/mol. The van der Waals surface area contributed by atoms with Gasteiger partial charge in [-0.25, -0.2) is 13.2 Å². The van der Waals surface area contributed by atoms with Crippen LogP contribution in [0.15, 0.2) is 61.3 Å². The molecule has 13 heteroatoms. The Bertz CT molecular complexity index is 1760. The van der Waals surface area contributed by atoms with E-state index in [9.17, 15) is 35.9 Å². The van der Waals surface area contributed by atoms with Gasteiger partial charge in [0.15, 0.2) is 5.69 Å². The van der Waals surface area contributed by atoms with E-state index < -0.39 is 59.3 Å². The third-order valence-electron chi connectivity index (χ3n) is 7.27. The van der Waals surface area contributed by atoms with Gasteiger partial charge in [-0.2, -0.15) is 18.3 Å².